The van der Waals surface area contributed by atoms with Gasteiger partial charge in [0, 0.05) is 19.2 Å². The average Bonchev–Trinajstić information content (AvgIpc) is 2.73. The topological polar surface area (TPSA) is 55.8 Å². The molecule has 6 heteroatoms. The van der Waals surface area contributed by atoms with Crippen LogP contribution >= 0.6 is 0 Å². The van der Waals surface area contributed by atoms with Crippen LogP contribution in [-0.4, -0.2) is 52.5 Å². The van der Waals surface area contributed by atoms with Crippen LogP contribution in [-0.2, 0) is 16.2 Å². The molecule has 0 radical (unpaired) electrons. The van der Waals surface area contributed by atoms with Gasteiger partial charge in [-0.05, 0) is 42.8 Å². The minimum atomic E-state index is -1.17. The second kappa shape index (κ2) is 9.60. The number of nitrogens with zero attached hydrogens (tertiary/aromatic N) is 2. The monoisotopic (exact) mass is 384 g/mol. The smallest absolute Gasteiger partial charge is 0.246 e. The summed E-state index contributed by atoms with van der Waals surface area (Å²) in [4.78, 5) is 15.0. The molecule has 0 N–H and O–H groups in total. The van der Waals surface area contributed by atoms with Gasteiger partial charge in [0.05, 0.1) is 31.1 Å². The average molecular weight is 385 g/mol. The van der Waals surface area contributed by atoms with Gasteiger partial charge in [0.2, 0.25) is 5.91 Å². The van der Waals surface area contributed by atoms with E-state index in [2.05, 4.69) is 0 Å². The second-order valence-corrected chi connectivity index (χ2v) is 7.64. The van der Waals surface area contributed by atoms with Crippen LogP contribution in [0.3, 0.4) is 0 Å². The first kappa shape index (κ1) is 19.5. The summed E-state index contributed by atoms with van der Waals surface area (Å²) in [5, 5.41) is 0. The number of carbonyl (C=O) groups excluding carboxylic acids is 1. The van der Waals surface area contributed by atoms with Gasteiger partial charge in [-0.15, -0.1) is 4.31 Å². The zero-order valence-corrected chi connectivity index (χ0v) is 16.2. The van der Waals surface area contributed by atoms with E-state index in [1.54, 1.807) is 11.0 Å². The summed E-state index contributed by atoms with van der Waals surface area (Å²) in [5.41, 5.74) is 0.954. The Kier molecular flexibility index (Phi) is 6.92. The van der Waals surface area contributed by atoms with E-state index in [0.29, 0.717) is 32.8 Å². The summed E-state index contributed by atoms with van der Waals surface area (Å²) in [7, 11) is 0. The fourth-order valence-corrected chi connectivity index (χ4v) is 4.06. The van der Waals surface area contributed by atoms with E-state index >= 15 is 0 Å². The zero-order chi connectivity index (χ0) is 19.1. The SMILES string of the molecule is CCOc1ccc(/C=C/C(=O)N2CCN([S+]([O-])c3ccccc3)CC2)cc1. The summed E-state index contributed by atoms with van der Waals surface area (Å²) in [6.07, 6.45) is 3.41. The zero-order valence-electron chi connectivity index (χ0n) is 15.4. The highest BCUT2D eigenvalue weighted by atomic mass is 32.2. The first-order valence-electron chi connectivity index (χ1n) is 9.09. The molecule has 1 unspecified atom stereocenters. The maximum absolute atomic E-state index is 12.6. The van der Waals surface area contributed by atoms with Crippen molar-refractivity contribution in [3.63, 3.8) is 0 Å². The first-order chi connectivity index (χ1) is 13.2. The molecule has 5 nitrogen and oxygen atoms in total. The Hall–Kier alpha value is -2.28. The maximum Gasteiger partial charge on any atom is 0.246 e. The van der Waals surface area contributed by atoms with Crippen LogP contribution in [0, 0.1) is 0 Å². The van der Waals surface area contributed by atoms with E-state index in [0.717, 1.165) is 16.2 Å². The molecule has 1 aliphatic rings. The summed E-state index contributed by atoms with van der Waals surface area (Å²) >= 11 is -1.17. The van der Waals surface area contributed by atoms with Crippen molar-refractivity contribution >= 4 is 23.3 Å². The molecule has 1 heterocycles. The molecule has 2 aromatic carbocycles. The number of hydrogen-bond donors (Lipinski definition) is 0. The van der Waals surface area contributed by atoms with Gasteiger partial charge in [-0.25, -0.2) is 0 Å². The third kappa shape index (κ3) is 5.35. The third-order valence-corrected chi connectivity index (χ3v) is 5.85. The van der Waals surface area contributed by atoms with Crippen LogP contribution in [0.25, 0.3) is 6.08 Å². The lowest BCUT2D eigenvalue weighted by Crippen LogP contribution is -2.50. The molecule has 3 rings (SSSR count). The number of piperazine rings is 1. The molecule has 0 aliphatic carbocycles. The van der Waals surface area contributed by atoms with E-state index in [4.69, 9.17) is 4.74 Å². The molecule has 2 aromatic rings. The Morgan fingerprint density at radius 3 is 2.37 bits per heavy atom. The number of amides is 1. The van der Waals surface area contributed by atoms with Crippen LogP contribution in [0.5, 0.6) is 5.75 Å². The summed E-state index contributed by atoms with van der Waals surface area (Å²) < 4.78 is 19.9. The molecule has 0 aromatic heterocycles. The van der Waals surface area contributed by atoms with Crippen LogP contribution in [0.15, 0.2) is 65.6 Å². The minimum absolute atomic E-state index is 0.0194. The standard InChI is InChI=1S/C21H24N2O3S/c1-2-26-19-11-8-18(9-12-19)10-13-21(24)22-14-16-23(17-15-22)27(25)20-6-4-3-5-7-20/h3-13H,2,14-17H2,1H3/b13-10+. The largest absolute Gasteiger partial charge is 0.593 e. The van der Waals surface area contributed by atoms with Crippen LogP contribution < -0.4 is 4.74 Å². The quantitative estimate of drug-likeness (QED) is 0.568. The molecule has 1 atom stereocenters. The highest BCUT2D eigenvalue weighted by Gasteiger charge is 2.28. The number of rotatable bonds is 6. The van der Waals surface area contributed by atoms with Crippen molar-refractivity contribution in [2.75, 3.05) is 32.8 Å². The molecule has 1 saturated heterocycles. The maximum atomic E-state index is 12.6. The van der Waals surface area contributed by atoms with Gasteiger partial charge >= 0.3 is 0 Å². The van der Waals surface area contributed by atoms with Gasteiger partial charge < -0.3 is 14.2 Å². The molecule has 1 fully saturated rings. The van der Waals surface area contributed by atoms with E-state index in [1.165, 1.54) is 0 Å². The van der Waals surface area contributed by atoms with Gasteiger partial charge in [-0.2, -0.15) is 0 Å². The molecular weight excluding hydrogens is 360 g/mol. The van der Waals surface area contributed by atoms with Gasteiger partial charge in [-0.1, -0.05) is 30.3 Å². The van der Waals surface area contributed by atoms with Crippen molar-refractivity contribution in [1.29, 1.82) is 0 Å². The number of carbonyl (C=O) groups is 1. The van der Waals surface area contributed by atoms with Gasteiger partial charge in [-0.3, -0.25) is 4.79 Å². The lowest BCUT2D eigenvalue weighted by molar-refractivity contribution is -0.127. The normalized spacial score (nSPS) is 16.4. The minimum Gasteiger partial charge on any atom is -0.593 e. The van der Waals surface area contributed by atoms with Gasteiger partial charge in [0.1, 0.15) is 5.75 Å². The van der Waals surface area contributed by atoms with Crippen LogP contribution in [0.2, 0.25) is 0 Å². The Morgan fingerprint density at radius 1 is 1.07 bits per heavy atom. The van der Waals surface area contributed by atoms with Crippen molar-refractivity contribution in [3.8, 4) is 5.75 Å². The Morgan fingerprint density at radius 2 is 1.74 bits per heavy atom. The Bertz CT molecular complexity index is 757. The fraction of sp³-hybridized carbons (Fsp3) is 0.286. The van der Waals surface area contributed by atoms with E-state index in [1.807, 2.05) is 71.9 Å². The molecule has 142 valence electrons. The Labute approximate surface area is 163 Å². The summed E-state index contributed by atoms with van der Waals surface area (Å²) in [6, 6.07) is 17.1. The predicted octanol–water partition coefficient (Wildman–Crippen LogP) is 2.97. The molecule has 1 aliphatic heterocycles. The van der Waals surface area contributed by atoms with Crippen LogP contribution in [0.4, 0.5) is 0 Å². The molecule has 0 saturated carbocycles. The Balaban J connectivity index is 1.51. The lowest BCUT2D eigenvalue weighted by atomic mass is 10.2. The van der Waals surface area contributed by atoms with Gasteiger partial charge in [0.25, 0.3) is 0 Å². The molecule has 0 spiro atoms. The number of ether oxygens (including phenoxy) is 1. The third-order valence-electron chi connectivity index (χ3n) is 4.34. The van der Waals surface area contributed by atoms with Crippen molar-refractivity contribution in [1.82, 2.24) is 9.21 Å². The van der Waals surface area contributed by atoms with Crippen molar-refractivity contribution in [2.24, 2.45) is 0 Å². The molecule has 27 heavy (non-hydrogen) atoms. The van der Waals surface area contributed by atoms with E-state index in [-0.39, 0.29) is 5.91 Å². The summed E-state index contributed by atoms with van der Waals surface area (Å²) in [6.45, 7) is 4.93. The van der Waals surface area contributed by atoms with Gasteiger partial charge in [0.15, 0.2) is 4.90 Å². The van der Waals surface area contributed by atoms with Crippen LogP contribution in [0.1, 0.15) is 12.5 Å². The summed E-state index contributed by atoms with van der Waals surface area (Å²) in [5.74, 6) is 0.803. The lowest BCUT2D eigenvalue weighted by Gasteiger charge is -2.33. The van der Waals surface area contributed by atoms with E-state index < -0.39 is 11.4 Å². The molecular formula is C21H24N2O3S. The second-order valence-electron chi connectivity index (χ2n) is 6.15. The predicted molar refractivity (Wildman–Crippen MR) is 108 cm³/mol. The highest BCUT2D eigenvalue weighted by molar-refractivity contribution is 7.89. The fourth-order valence-electron chi connectivity index (χ4n) is 2.88. The highest BCUT2D eigenvalue weighted by Crippen LogP contribution is 2.17. The van der Waals surface area contributed by atoms with Crippen molar-refractivity contribution in [2.45, 2.75) is 11.8 Å². The first-order valence-corrected chi connectivity index (χ1v) is 10.2. The number of hydrogen-bond acceptors (Lipinski definition) is 4. The van der Waals surface area contributed by atoms with Crippen molar-refractivity contribution < 1.29 is 14.1 Å². The number of benzene rings is 2. The van der Waals surface area contributed by atoms with E-state index in [9.17, 15) is 9.35 Å². The van der Waals surface area contributed by atoms with Crippen molar-refractivity contribution in [3.05, 3.63) is 66.2 Å². The molecule has 1 amide bonds. The molecule has 0 bridgehead atoms.